The third kappa shape index (κ3) is 3.18. The first kappa shape index (κ1) is 11.9. The Hall–Kier alpha value is -0.200. The lowest BCUT2D eigenvalue weighted by atomic mass is 9.87. The lowest BCUT2D eigenvalue weighted by Gasteiger charge is -2.29. The molecule has 6 heteroatoms. The number of nitrogens with zero attached hydrogens (tertiary/aromatic N) is 2. The van der Waals surface area contributed by atoms with Crippen molar-refractivity contribution in [3.05, 3.63) is 3.92 Å². The summed E-state index contributed by atoms with van der Waals surface area (Å²) in [5.41, 5.74) is -0.00705. The number of hydrogen-bond acceptors (Lipinski definition) is 5. The summed E-state index contributed by atoms with van der Waals surface area (Å²) in [6.45, 7) is 6.28. The minimum atomic E-state index is -0.0117. The molecule has 4 nitrogen and oxygen atoms in total. The predicted molar refractivity (Wildman–Crippen MR) is 61.6 cm³/mol. The molecule has 1 aromatic rings. The highest BCUT2D eigenvalue weighted by Gasteiger charge is 2.24. The first-order valence-corrected chi connectivity index (χ1v) is 5.91. The number of aliphatic hydroxyl groups excluding tert-OH is 1. The zero-order valence-corrected chi connectivity index (χ0v) is 10.8. The van der Waals surface area contributed by atoms with Gasteiger partial charge in [0.15, 0.2) is 3.92 Å². The van der Waals surface area contributed by atoms with Crippen molar-refractivity contribution in [2.75, 3.05) is 11.9 Å². The number of aromatic nitrogens is 2. The molecule has 0 aliphatic rings. The highest BCUT2D eigenvalue weighted by Crippen LogP contribution is 2.26. The Labute approximate surface area is 95.9 Å². The molecule has 0 aliphatic heterocycles. The number of aliphatic hydroxyl groups is 1. The van der Waals surface area contributed by atoms with E-state index in [0.717, 1.165) is 9.05 Å². The molecular weight excluding hydrogens is 266 g/mol. The average Bonchev–Trinajstić information content (AvgIpc) is 2.45. The van der Waals surface area contributed by atoms with E-state index >= 15 is 0 Å². The van der Waals surface area contributed by atoms with Gasteiger partial charge in [-0.1, -0.05) is 32.1 Å². The molecule has 0 saturated heterocycles. The van der Waals surface area contributed by atoms with Crippen molar-refractivity contribution in [1.29, 1.82) is 0 Å². The Balaban J connectivity index is 2.66. The van der Waals surface area contributed by atoms with E-state index in [4.69, 9.17) is 0 Å². The van der Waals surface area contributed by atoms with Crippen molar-refractivity contribution in [3.63, 3.8) is 0 Å². The van der Waals surface area contributed by atoms with E-state index in [2.05, 4.69) is 52.2 Å². The van der Waals surface area contributed by atoms with Crippen molar-refractivity contribution >= 4 is 32.4 Å². The van der Waals surface area contributed by atoms with Crippen LogP contribution in [0, 0.1) is 5.41 Å². The number of halogens is 1. The van der Waals surface area contributed by atoms with E-state index in [9.17, 15) is 5.11 Å². The van der Waals surface area contributed by atoms with Crippen LogP contribution in [0.1, 0.15) is 20.8 Å². The molecule has 80 valence electrons. The van der Waals surface area contributed by atoms with Gasteiger partial charge in [-0.2, -0.15) is 0 Å². The molecule has 2 N–H and O–H groups in total. The SMILES string of the molecule is CC(C)(C)C(CO)Nc1nnc(Br)s1. The summed E-state index contributed by atoms with van der Waals surface area (Å²) in [5, 5.41) is 20.8. The van der Waals surface area contributed by atoms with E-state index in [0.29, 0.717) is 0 Å². The van der Waals surface area contributed by atoms with Gasteiger partial charge in [-0.25, -0.2) is 0 Å². The zero-order valence-electron chi connectivity index (χ0n) is 8.41. The molecule has 14 heavy (non-hydrogen) atoms. The second-order valence-electron chi connectivity index (χ2n) is 4.11. The molecule has 0 amide bonds. The molecule has 0 fully saturated rings. The Morgan fingerprint density at radius 2 is 2.14 bits per heavy atom. The maximum Gasteiger partial charge on any atom is 0.206 e. The molecule has 1 unspecified atom stereocenters. The first-order valence-electron chi connectivity index (χ1n) is 4.30. The number of nitrogens with one attached hydrogen (secondary N) is 1. The van der Waals surface area contributed by atoms with Crippen LogP contribution in [0.15, 0.2) is 3.92 Å². The molecule has 1 atom stereocenters. The molecule has 0 aromatic carbocycles. The lowest BCUT2D eigenvalue weighted by Crippen LogP contribution is -2.37. The Morgan fingerprint density at radius 1 is 1.50 bits per heavy atom. The van der Waals surface area contributed by atoms with Gasteiger partial charge < -0.3 is 10.4 Å². The lowest BCUT2D eigenvalue weighted by molar-refractivity contribution is 0.202. The van der Waals surface area contributed by atoms with E-state index in [-0.39, 0.29) is 18.1 Å². The molecule has 1 heterocycles. The van der Waals surface area contributed by atoms with Crippen molar-refractivity contribution in [2.24, 2.45) is 5.41 Å². The highest BCUT2D eigenvalue weighted by molar-refractivity contribution is 9.11. The summed E-state index contributed by atoms with van der Waals surface area (Å²) in [4.78, 5) is 0. The zero-order chi connectivity index (χ0) is 10.8. The van der Waals surface area contributed by atoms with Crippen LogP contribution in [0.25, 0.3) is 0 Å². The molecule has 0 saturated carbocycles. The number of anilines is 1. The smallest absolute Gasteiger partial charge is 0.206 e. The standard InChI is InChI=1S/C8H14BrN3OS/c1-8(2,3)5(4-13)10-7-12-11-6(9)14-7/h5,13H,4H2,1-3H3,(H,10,12). The van der Waals surface area contributed by atoms with Crippen LogP contribution >= 0.6 is 27.3 Å². The Kier molecular flexibility index (Phi) is 3.86. The van der Waals surface area contributed by atoms with Crippen LogP contribution in [0.4, 0.5) is 5.13 Å². The van der Waals surface area contributed by atoms with Crippen LogP contribution in [0.3, 0.4) is 0 Å². The van der Waals surface area contributed by atoms with E-state index in [1.165, 1.54) is 11.3 Å². The predicted octanol–water partition coefficient (Wildman–Crippen LogP) is 2.12. The van der Waals surface area contributed by atoms with E-state index in [1.54, 1.807) is 0 Å². The van der Waals surface area contributed by atoms with Crippen molar-refractivity contribution in [1.82, 2.24) is 10.2 Å². The van der Waals surface area contributed by atoms with Crippen molar-refractivity contribution in [2.45, 2.75) is 26.8 Å². The fourth-order valence-electron chi connectivity index (χ4n) is 0.949. The van der Waals surface area contributed by atoms with Gasteiger partial charge in [0.05, 0.1) is 12.6 Å². The van der Waals surface area contributed by atoms with Gasteiger partial charge in [0.2, 0.25) is 5.13 Å². The quantitative estimate of drug-likeness (QED) is 0.890. The summed E-state index contributed by atoms with van der Waals surface area (Å²) < 4.78 is 0.741. The van der Waals surface area contributed by atoms with E-state index < -0.39 is 0 Å². The highest BCUT2D eigenvalue weighted by atomic mass is 79.9. The second kappa shape index (κ2) is 4.55. The summed E-state index contributed by atoms with van der Waals surface area (Å²) in [7, 11) is 0. The fraction of sp³-hybridized carbons (Fsp3) is 0.750. The molecule has 1 aromatic heterocycles. The average molecular weight is 280 g/mol. The van der Waals surface area contributed by atoms with Gasteiger partial charge in [-0.05, 0) is 21.3 Å². The summed E-state index contributed by atoms with van der Waals surface area (Å²) in [6, 6.07) is -0.0117. The second-order valence-corrected chi connectivity index (χ2v) is 6.36. The van der Waals surface area contributed by atoms with Gasteiger partial charge >= 0.3 is 0 Å². The third-order valence-electron chi connectivity index (χ3n) is 1.93. The minimum absolute atomic E-state index is 0.00705. The number of rotatable bonds is 3. The van der Waals surface area contributed by atoms with Gasteiger partial charge in [0.1, 0.15) is 0 Å². The maximum absolute atomic E-state index is 9.21. The summed E-state index contributed by atoms with van der Waals surface area (Å²) in [5.74, 6) is 0. The Bertz CT molecular complexity index is 297. The largest absolute Gasteiger partial charge is 0.394 e. The van der Waals surface area contributed by atoms with Crippen LogP contribution < -0.4 is 5.32 Å². The van der Waals surface area contributed by atoms with E-state index in [1.807, 2.05) is 0 Å². The molecule has 0 bridgehead atoms. The topological polar surface area (TPSA) is 58.0 Å². The van der Waals surface area contributed by atoms with Gasteiger partial charge in [0, 0.05) is 0 Å². The normalized spacial score (nSPS) is 14.1. The van der Waals surface area contributed by atoms with Crippen LogP contribution in [-0.4, -0.2) is 28.0 Å². The van der Waals surface area contributed by atoms with Crippen LogP contribution in [0.2, 0.25) is 0 Å². The molecule has 0 spiro atoms. The molecule has 0 aliphatic carbocycles. The molecular formula is C8H14BrN3OS. The van der Waals surface area contributed by atoms with Gasteiger partial charge in [-0.3, -0.25) is 0 Å². The maximum atomic E-state index is 9.21. The molecule has 0 radical (unpaired) electrons. The first-order chi connectivity index (χ1) is 6.43. The van der Waals surface area contributed by atoms with Crippen LogP contribution in [-0.2, 0) is 0 Å². The molecule has 1 rings (SSSR count). The monoisotopic (exact) mass is 279 g/mol. The van der Waals surface area contributed by atoms with Crippen LogP contribution in [0.5, 0.6) is 0 Å². The van der Waals surface area contributed by atoms with Crippen molar-refractivity contribution < 1.29 is 5.11 Å². The number of hydrogen-bond donors (Lipinski definition) is 2. The van der Waals surface area contributed by atoms with Crippen molar-refractivity contribution in [3.8, 4) is 0 Å². The minimum Gasteiger partial charge on any atom is -0.394 e. The van der Waals surface area contributed by atoms with Gasteiger partial charge in [0.25, 0.3) is 0 Å². The summed E-state index contributed by atoms with van der Waals surface area (Å²) >= 11 is 4.66. The fourth-order valence-corrected chi connectivity index (χ4v) is 2.01. The Morgan fingerprint density at radius 3 is 2.50 bits per heavy atom. The van der Waals surface area contributed by atoms with Gasteiger partial charge in [-0.15, -0.1) is 10.2 Å². The third-order valence-corrected chi connectivity index (χ3v) is 3.21. The summed E-state index contributed by atoms with van der Waals surface area (Å²) in [6.07, 6.45) is 0.